The van der Waals surface area contributed by atoms with E-state index in [1.165, 1.54) is 37.7 Å². The molecule has 0 spiro atoms. The first kappa shape index (κ1) is 12.5. The fraction of sp³-hybridized carbons (Fsp3) is 0.600. The zero-order valence-corrected chi connectivity index (χ0v) is 12.2. The molecule has 0 heterocycles. The van der Waals surface area contributed by atoms with Crippen molar-refractivity contribution in [2.45, 2.75) is 37.5 Å². The first-order valence-corrected chi connectivity index (χ1v) is 7.66. The van der Waals surface area contributed by atoms with Crippen LogP contribution in [0.2, 0.25) is 0 Å². The number of halogens is 1. The maximum Gasteiger partial charge on any atom is 0.133 e. The highest BCUT2D eigenvalue weighted by Gasteiger charge is 2.37. The van der Waals surface area contributed by atoms with E-state index < -0.39 is 0 Å². The molecule has 2 aliphatic rings. The molecule has 0 bridgehead atoms. The third-order valence-corrected chi connectivity index (χ3v) is 5.04. The van der Waals surface area contributed by atoms with Crippen molar-refractivity contribution < 1.29 is 4.74 Å². The van der Waals surface area contributed by atoms with Crippen molar-refractivity contribution in [1.29, 1.82) is 0 Å². The Morgan fingerprint density at radius 2 is 2.11 bits per heavy atom. The van der Waals surface area contributed by atoms with Crippen LogP contribution in [0.5, 0.6) is 5.75 Å². The standard InChI is InChI=1S/C15H20BrNO/c16-13-8-12(15(10-17)6-1-7-15)4-5-14(13)18-9-11-2-3-11/h4-5,8,11H,1-3,6-7,9-10,17H2. The second-order valence-electron chi connectivity index (χ2n) is 5.74. The van der Waals surface area contributed by atoms with Gasteiger partial charge in [-0.15, -0.1) is 0 Å². The third kappa shape index (κ3) is 2.30. The van der Waals surface area contributed by atoms with Gasteiger partial charge in [-0.05, 0) is 65.2 Å². The minimum absolute atomic E-state index is 0.234. The summed E-state index contributed by atoms with van der Waals surface area (Å²) >= 11 is 3.63. The molecule has 0 amide bonds. The van der Waals surface area contributed by atoms with Crippen molar-refractivity contribution >= 4 is 15.9 Å². The number of ether oxygens (including phenoxy) is 1. The largest absolute Gasteiger partial charge is 0.492 e. The Hall–Kier alpha value is -0.540. The molecule has 2 N–H and O–H groups in total. The summed E-state index contributed by atoms with van der Waals surface area (Å²) in [5.74, 6) is 1.76. The van der Waals surface area contributed by atoms with Crippen LogP contribution < -0.4 is 10.5 Å². The van der Waals surface area contributed by atoms with Crippen LogP contribution in [0, 0.1) is 5.92 Å². The predicted octanol–water partition coefficient (Wildman–Crippen LogP) is 3.62. The van der Waals surface area contributed by atoms with Gasteiger partial charge in [0.25, 0.3) is 0 Å². The SMILES string of the molecule is NCC1(c2ccc(OCC3CC3)c(Br)c2)CCC1. The monoisotopic (exact) mass is 309 g/mol. The number of hydrogen-bond donors (Lipinski definition) is 1. The van der Waals surface area contributed by atoms with Crippen molar-refractivity contribution in [2.24, 2.45) is 11.7 Å². The van der Waals surface area contributed by atoms with E-state index in [0.717, 1.165) is 29.3 Å². The Morgan fingerprint density at radius 1 is 1.33 bits per heavy atom. The third-order valence-electron chi connectivity index (χ3n) is 4.42. The molecule has 0 aromatic heterocycles. The first-order valence-electron chi connectivity index (χ1n) is 6.86. The normalized spacial score (nSPS) is 21.4. The van der Waals surface area contributed by atoms with Crippen LogP contribution in [0.3, 0.4) is 0 Å². The zero-order chi connectivity index (χ0) is 12.6. The average Bonchev–Trinajstić information content (AvgIpc) is 3.11. The van der Waals surface area contributed by atoms with Crippen LogP contribution in [-0.4, -0.2) is 13.2 Å². The van der Waals surface area contributed by atoms with Crippen LogP contribution in [0.4, 0.5) is 0 Å². The molecule has 1 aromatic carbocycles. The Labute approximate surface area is 117 Å². The minimum Gasteiger partial charge on any atom is -0.492 e. The molecule has 0 aliphatic heterocycles. The molecule has 3 rings (SSSR count). The van der Waals surface area contributed by atoms with Crippen LogP contribution in [-0.2, 0) is 5.41 Å². The summed E-state index contributed by atoms with van der Waals surface area (Å²) in [6.07, 6.45) is 6.39. The van der Waals surface area contributed by atoms with E-state index >= 15 is 0 Å². The fourth-order valence-corrected chi connectivity index (χ4v) is 3.15. The van der Waals surface area contributed by atoms with Crippen molar-refractivity contribution in [2.75, 3.05) is 13.2 Å². The number of hydrogen-bond acceptors (Lipinski definition) is 2. The average molecular weight is 310 g/mol. The van der Waals surface area contributed by atoms with Crippen molar-refractivity contribution in [3.05, 3.63) is 28.2 Å². The maximum absolute atomic E-state index is 5.95. The maximum atomic E-state index is 5.95. The minimum atomic E-state index is 0.234. The number of nitrogens with two attached hydrogens (primary N) is 1. The van der Waals surface area contributed by atoms with Gasteiger partial charge in [0.05, 0.1) is 11.1 Å². The lowest BCUT2D eigenvalue weighted by molar-refractivity contribution is 0.252. The van der Waals surface area contributed by atoms with Gasteiger partial charge < -0.3 is 10.5 Å². The highest BCUT2D eigenvalue weighted by atomic mass is 79.9. The van der Waals surface area contributed by atoms with E-state index in [0.29, 0.717) is 0 Å². The summed E-state index contributed by atoms with van der Waals surface area (Å²) in [4.78, 5) is 0. The molecule has 98 valence electrons. The van der Waals surface area contributed by atoms with Gasteiger partial charge in [0.2, 0.25) is 0 Å². The van der Waals surface area contributed by atoms with Crippen LogP contribution >= 0.6 is 15.9 Å². The van der Waals surface area contributed by atoms with Crippen molar-refractivity contribution in [3.8, 4) is 5.75 Å². The fourth-order valence-electron chi connectivity index (χ4n) is 2.65. The Bertz CT molecular complexity index is 433. The van der Waals surface area contributed by atoms with Crippen LogP contribution in [0.15, 0.2) is 22.7 Å². The molecule has 2 nitrogen and oxygen atoms in total. The number of rotatable bonds is 5. The molecular formula is C15H20BrNO. The van der Waals surface area contributed by atoms with E-state index in [2.05, 4.69) is 34.1 Å². The summed E-state index contributed by atoms with van der Waals surface area (Å²) in [5, 5.41) is 0. The van der Waals surface area contributed by atoms with E-state index in [9.17, 15) is 0 Å². The molecule has 2 aliphatic carbocycles. The lowest BCUT2D eigenvalue weighted by Crippen LogP contribution is -2.41. The Morgan fingerprint density at radius 3 is 2.61 bits per heavy atom. The topological polar surface area (TPSA) is 35.2 Å². The van der Waals surface area contributed by atoms with Gasteiger partial charge in [-0.2, -0.15) is 0 Å². The zero-order valence-electron chi connectivity index (χ0n) is 10.6. The van der Waals surface area contributed by atoms with Crippen molar-refractivity contribution in [1.82, 2.24) is 0 Å². The molecule has 2 saturated carbocycles. The van der Waals surface area contributed by atoms with Gasteiger partial charge in [-0.1, -0.05) is 12.5 Å². The van der Waals surface area contributed by atoms with Gasteiger partial charge in [0, 0.05) is 12.0 Å². The van der Waals surface area contributed by atoms with Gasteiger partial charge >= 0.3 is 0 Å². The lowest BCUT2D eigenvalue weighted by Gasteiger charge is -2.41. The second kappa shape index (κ2) is 4.86. The van der Waals surface area contributed by atoms with Gasteiger partial charge in [0.15, 0.2) is 0 Å². The summed E-state index contributed by atoms with van der Waals surface area (Å²) in [7, 11) is 0. The molecular weight excluding hydrogens is 290 g/mol. The summed E-state index contributed by atoms with van der Waals surface area (Å²) in [6, 6.07) is 6.49. The van der Waals surface area contributed by atoms with Crippen molar-refractivity contribution in [3.63, 3.8) is 0 Å². The summed E-state index contributed by atoms with van der Waals surface area (Å²) < 4.78 is 6.91. The summed E-state index contributed by atoms with van der Waals surface area (Å²) in [6.45, 7) is 1.61. The van der Waals surface area contributed by atoms with Gasteiger partial charge in [-0.25, -0.2) is 0 Å². The summed E-state index contributed by atoms with van der Waals surface area (Å²) in [5.41, 5.74) is 7.55. The molecule has 3 heteroatoms. The first-order chi connectivity index (χ1) is 8.73. The Balaban J connectivity index is 1.75. The highest BCUT2D eigenvalue weighted by Crippen LogP contribution is 2.44. The van der Waals surface area contributed by atoms with E-state index in [1.54, 1.807) is 0 Å². The molecule has 0 radical (unpaired) electrons. The molecule has 0 saturated heterocycles. The van der Waals surface area contributed by atoms with Gasteiger partial charge in [-0.3, -0.25) is 0 Å². The molecule has 2 fully saturated rings. The van der Waals surface area contributed by atoms with E-state index in [1.807, 2.05) is 0 Å². The molecule has 1 aromatic rings. The van der Waals surface area contributed by atoms with E-state index in [4.69, 9.17) is 10.5 Å². The molecule has 18 heavy (non-hydrogen) atoms. The van der Waals surface area contributed by atoms with E-state index in [-0.39, 0.29) is 5.41 Å². The van der Waals surface area contributed by atoms with Crippen LogP contribution in [0.25, 0.3) is 0 Å². The molecule has 0 unspecified atom stereocenters. The molecule has 0 atom stereocenters. The lowest BCUT2D eigenvalue weighted by atomic mass is 9.64. The second-order valence-corrected chi connectivity index (χ2v) is 6.59. The van der Waals surface area contributed by atoms with Crippen LogP contribution in [0.1, 0.15) is 37.7 Å². The highest BCUT2D eigenvalue weighted by molar-refractivity contribution is 9.10. The smallest absolute Gasteiger partial charge is 0.133 e. The quantitative estimate of drug-likeness (QED) is 0.901. The Kier molecular flexibility index (Phi) is 3.37. The number of benzene rings is 1. The predicted molar refractivity (Wildman–Crippen MR) is 76.9 cm³/mol. The van der Waals surface area contributed by atoms with Gasteiger partial charge in [0.1, 0.15) is 5.75 Å².